The summed E-state index contributed by atoms with van der Waals surface area (Å²) in [7, 11) is 0. The lowest BCUT2D eigenvalue weighted by Gasteiger charge is -2.18. The van der Waals surface area contributed by atoms with Crippen LogP contribution in [0.4, 0.5) is 11.4 Å². The van der Waals surface area contributed by atoms with Gasteiger partial charge < -0.3 is 15.2 Å². The molecule has 2 rings (SSSR count). The van der Waals surface area contributed by atoms with Crippen LogP contribution >= 0.6 is 11.8 Å². The van der Waals surface area contributed by atoms with E-state index in [9.17, 15) is 19.7 Å². The van der Waals surface area contributed by atoms with E-state index in [0.717, 1.165) is 11.8 Å². The highest BCUT2D eigenvalue weighted by molar-refractivity contribution is 7.99. The summed E-state index contributed by atoms with van der Waals surface area (Å²) in [6, 6.07) is 2.66. The van der Waals surface area contributed by atoms with E-state index in [1.54, 1.807) is 0 Å². The quantitative estimate of drug-likeness (QED) is 0.480. The zero-order chi connectivity index (χ0) is 14.7. The number of amides is 1. The molecule has 106 valence electrons. The lowest BCUT2D eigenvalue weighted by molar-refractivity contribution is -0.387. The predicted octanol–water partition coefficient (Wildman–Crippen LogP) is 1.49. The number of rotatable bonds is 5. The SMILES string of the molecule is O=C(O)CCSc1cc2c(cc1[N+](=O)[O-])OCC(=O)N2. The molecule has 0 saturated heterocycles. The molecule has 0 bridgehead atoms. The number of anilines is 1. The van der Waals surface area contributed by atoms with Gasteiger partial charge in [0.15, 0.2) is 12.4 Å². The summed E-state index contributed by atoms with van der Waals surface area (Å²) in [6.45, 7) is -0.185. The first-order chi connectivity index (χ1) is 9.47. The Hall–Kier alpha value is -2.29. The Bertz CT molecular complexity index is 589. The highest BCUT2D eigenvalue weighted by Crippen LogP contribution is 2.39. The van der Waals surface area contributed by atoms with E-state index in [2.05, 4.69) is 5.32 Å². The molecule has 0 aromatic heterocycles. The lowest BCUT2D eigenvalue weighted by Crippen LogP contribution is -2.25. The molecule has 0 fully saturated rings. The second kappa shape index (κ2) is 5.78. The van der Waals surface area contributed by atoms with E-state index in [-0.39, 0.29) is 36.1 Å². The van der Waals surface area contributed by atoms with Crippen molar-refractivity contribution in [2.75, 3.05) is 17.7 Å². The number of nitro groups is 1. The fourth-order valence-electron chi connectivity index (χ4n) is 1.60. The van der Waals surface area contributed by atoms with Gasteiger partial charge in [0.05, 0.1) is 28.0 Å². The maximum Gasteiger partial charge on any atom is 0.304 e. The standard InChI is InChI=1S/C11H10N2O6S/c14-10-5-19-8-4-7(13(17)18)9(3-6(8)12-10)20-2-1-11(15)16/h3-4H,1-2,5H2,(H,12,14)(H,15,16). The number of nitrogens with zero attached hydrogens (tertiary/aromatic N) is 1. The minimum Gasteiger partial charge on any atom is -0.481 e. The smallest absolute Gasteiger partial charge is 0.304 e. The number of nitro benzene ring substituents is 1. The van der Waals surface area contributed by atoms with Crippen LogP contribution in [-0.4, -0.2) is 34.3 Å². The molecule has 8 nitrogen and oxygen atoms in total. The molecule has 0 spiro atoms. The van der Waals surface area contributed by atoms with Gasteiger partial charge in [-0.1, -0.05) is 0 Å². The minimum absolute atomic E-state index is 0.109. The van der Waals surface area contributed by atoms with E-state index in [1.807, 2.05) is 0 Å². The first-order valence-corrected chi connectivity index (χ1v) is 6.55. The summed E-state index contributed by atoms with van der Waals surface area (Å²) in [5, 5.41) is 22.1. The number of aliphatic carboxylic acids is 1. The third kappa shape index (κ3) is 3.18. The fraction of sp³-hybridized carbons (Fsp3) is 0.273. The molecule has 0 saturated carbocycles. The Kier molecular flexibility index (Phi) is 4.08. The van der Waals surface area contributed by atoms with Gasteiger partial charge >= 0.3 is 5.97 Å². The zero-order valence-corrected chi connectivity index (χ0v) is 10.9. The maximum absolute atomic E-state index is 11.2. The Labute approximate surface area is 117 Å². The predicted molar refractivity (Wildman–Crippen MR) is 70.2 cm³/mol. The first kappa shape index (κ1) is 14.1. The summed E-state index contributed by atoms with van der Waals surface area (Å²) >= 11 is 1.05. The number of thioether (sulfide) groups is 1. The molecule has 2 N–H and O–H groups in total. The number of hydrogen-bond donors (Lipinski definition) is 2. The van der Waals surface area contributed by atoms with Crippen molar-refractivity contribution in [2.45, 2.75) is 11.3 Å². The number of carboxylic acid groups (broad SMARTS) is 1. The van der Waals surface area contributed by atoms with Crippen LogP contribution in [-0.2, 0) is 9.59 Å². The van der Waals surface area contributed by atoms with E-state index in [0.29, 0.717) is 10.6 Å². The molecule has 0 aliphatic carbocycles. The van der Waals surface area contributed by atoms with Crippen molar-refractivity contribution in [1.82, 2.24) is 0 Å². The van der Waals surface area contributed by atoms with Gasteiger partial charge in [0, 0.05) is 5.75 Å². The van der Waals surface area contributed by atoms with Crippen LogP contribution in [0, 0.1) is 10.1 Å². The third-order valence-electron chi connectivity index (χ3n) is 2.46. The van der Waals surface area contributed by atoms with Crippen LogP contribution in [0.15, 0.2) is 17.0 Å². The number of benzene rings is 1. The molecule has 1 amide bonds. The first-order valence-electron chi connectivity index (χ1n) is 5.57. The van der Waals surface area contributed by atoms with Crippen molar-refractivity contribution in [2.24, 2.45) is 0 Å². The zero-order valence-electron chi connectivity index (χ0n) is 10.1. The molecule has 0 atom stereocenters. The molecular formula is C11H10N2O6S. The number of ether oxygens (including phenoxy) is 1. The number of carbonyl (C=O) groups is 2. The molecule has 1 aromatic rings. The second-order valence-electron chi connectivity index (χ2n) is 3.90. The summed E-state index contributed by atoms with van der Waals surface area (Å²) in [5.74, 6) is -0.884. The van der Waals surface area contributed by atoms with Crippen LogP contribution in [0.25, 0.3) is 0 Å². The summed E-state index contributed by atoms with van der Waals surface area (Å²) in [6.07, 6.45) is -0.109. The van der Waals surface area contributed by atoms with E-state index < -0.39 is 10.9 Å². The van der Waals surface area contributed by atoms with Gasteiger partial charge in [-0.25, -0.2) is 0 Å². The van der Waals surface area contributed by atoms with Crippen molar-refractivity contribution in [3.63, 3.8) is 0 Å². The molecule has 20 heavy (non-hydrogen) atoms. The van der Waals surface area contributed by atoms with Crippen LogP contribution in [0.2, 0.25) is 0 Å². The van der Waals surface area contributed by atoms with Crippen molar-refractivity contribution in [3.8, 4) is 5.75 Å². The van der Waals surface area contributed by atoms with Gasteiger partial charge in [0.1, 0.15) is 0 Å². The van der Waals surface area contributed by atoms with Crippen molar-refractivity contribution >= 4 is 35.0 Å². The van der Waals surface area contributed by atoms with Gasteiger partial charge in [-0.05, 0) is 6.07 Å². The van der Waals surface area contributed by atoms with E-state index >= 15 is 0 Å². The van der Waals surface area contributed by atoms with Crippen LogP contribution in [0.5, 0.6) is 5.75 Å². The molecule has 1 heterocycles. The van der Waals surface area contributed by atoms with E-state index in [4.69, 9.17) is 9.84 Å². The second-order valence-corrected chi connectivity index (χ2v) is 5.04. The van der Waals surface area contributed by atoms with E-state index in [1.165, 1.54) is 12.1 Å². The highest BCUT2D eigenvalue weighted by atomic mass is 32.2. The molecule has 1 aromatic carbocycles. The van der Waals surface area contributed by atoms with Gasteiger partial charge in [-0.15, -0.1) is 11.8 Å². The van der Waals surface area contributed by atoms with Gasteiger partial charge in [-0.3, -0.25) is 19.7 Å². The Morgan fingerprint density at radius 3 is 2.95 bits per heavy atom. The van der Waals surface area contributed by atoms with Gasteiger partial charge in [-0.2, -0.15) is 0 Å². The normalized spacial score (nSPS) is 13.1. The number of carbonyl (C=O) groups excluding carboxylic acids is 1. The van der Waals surface area contributed by atoms with Crippen LogP contribution < -0.4 is 10.1 Å². The third-order valence-corrected chi connectivity index (χ3v) is 3.51. The van der Waals surface area contributed by atoms with Crippen LogP contribution in [0.3, 0.4) is 0 Å². The Balaban J connectivity index is 2.28. The van der Waals surface area contributed by atoms with Gasteiger partial charge in [0.25, 0.3) is 11.6 Å². The number of fused-ring (bicyclic) bond motifs is 1. The maximum atomic E-state index is 11.2. The minimum atomic E-state index is -0.977. The van der Waals surface area contributed by atoms with Crippen LogP contribution in [0.1, 0.15) is 6.42 Å². The summed E-state index contributed by atoms with van der Waals surface area (Å²) in [5.41, 5.74) is 0.181. The highest BCUT2D eigenvalue weighted by Gasteiger charge is 2.23. The lowest BCUT2D eigenvalue weighted by atomic mass is 10.2. The largest absolute Gasteiger partial charge is 0.481 e. The molecule has 1 aliphatic rings. The average molecular weight is 298 g/mol. The summed E-state index contributed by atoms with van der Waals surface area (Å²) in [4.78, 5) is 32.4. The molecule has 0 unspecified atom stereocenters. The number of carboxylic acids is 1. The monoisotopic (exact) mass is 298 g/mol. The number of nitrogens with one attached hydrogen (secondary N) is 1. The number of hydrogen-bond acceptors (Lipinski definition) is 6. The van der Waals surface area contributed by atoms with Crippen molar-refractivity contribution in [3.05, 3.63) is 22.2 Å². The van der Waals surface area contributed by atoms with Crippen molar-refractivity contribution in [1.29, 1.82) is 0 Å². The Morgan fingerprint density at radius 1 is 1.55 bits per heavy atom. The topological polar surface area (TPSA) is 119 Å². The molecule has 1 aliphatic heterocycles. The fourth-order valence-corrected chi connectivity index (χ4v) is 2.58. The molecule has 9 heteroatoms. The molecule has 0 radical (unpaired) electrons. The average Bonchev–Trinajstić information content (AvgIpc) is 2.37. The van der Waals surface area contributed by atoms with Crippen molar-refractivity contribution < 1.29 is 24.4 Å². The Morgan fingerprint density at radius 2 is 2.30 bits per heavy atom. The summed E-state index contributed by atoms with van der Waals surface area (Å²) < 4.78 is 5.10. The van der Waals surface area contributed by atoms with Gasteiger partial charge in [0.2, 0.25) is 0 Å². The molecular weight excluding hydrogens is 288 g/mol.